The predicted molar refractivity (Wildman–Crippen MR) is 80.1 cm³/mol. The van der Waals surface area contributed by atoms with Gasteiger partial charge in [0.2, 0.25) is 0 Å². The summed E-state index contributed by atoms with van der Waals surface area (Å²) in [6, 6.07) is 5.19. The van der Waals surface area contributed by atoms with Gasteiger partial charge in [0.1, 0.15) is 23.5 Å². The summed E-state index contributed by atoms with van der Waals surface area (Å²) in [5.74, 6) is -1.82. The van der Waals surface area contributed by atoms with Crippen molar-refractivity contribution in [2.45, 2.75) is 12.7 Å². The fraction of sp³-hybridized carbons (Fsp3) is 0.133. The molecule has 1 amide bonds. The lowest BCUT2D eigenvalue weighted by atomic mass is 10.2. The van der Waals surface area contributed by atoms with Crippen molar-refractivity contribution >= 4 is 17.6 Å². The van der Waals surface area contributed by atoms with Crippen LogP contribution in [0.15, 0.2) is 52.9 Å². The summed E-state index contributed by atoms with van der Waals surface area (Å²) in [5, 5.41) is 7.55. The first kappa shape index (κ1) is 18.2. The number of nitrogens with zero attached hydrogens (tertiary/aromatic N) is 2. The molecule has 0 atom stereocenters. The monoisotopic (exact) mass is 356 g/mol. The van der Waals surface area contributed by atoms with Gasteiger partial charge in [0.15, 0.2) is 0 Å². The number of carbonyl (C=O) groups is 1. The van der Waals surface area contributed by atoms with Crippen LogP contribution >= 0.6 is 0 Å². The maximum absolute atomic E-state index is 13.8. The molecule has 0 radical (unpaired) electrons. The van der Waals surface area contributed by atoms with Gasteiger partial charge in [0, 0.05) is 5.56 Å². The van der Waals surface area contributed by atoms with Gasteiger partial charge in [-0.15, -0.1) is 0 Å². The van der Waals surface area contributed by atoms with Gasteiger partial charge in [0.25, 0.3) is 5.91 Å². The highest BCUT2D eigenvalue weighted by atomic mass is 19.4. The molecule has 0 spiro atoms. The van der Waals surface area contributed by atoms with Gasteiger partial charge in [-0.3, -0.25) is 15.1 Å². The van der Waals surface area contributed by atoms with Gasteiger partial charge in [-0.2, -0.15) is 13.2 Å². The average molecular weight is 356 g/mol. The summed E-state index contributed by atoms with van der Waals surface area (Å²) in [4.78, 5) is 16.8. The number of nitrogens with two attached hydrogens (primary N) is 1. The number of aromatic nitrogens is 1. The van der Waals surface area contributed by atoms with Crippen molar-refractivity contribution in [3.05, 3.63) is 59.9 Å². The van der Waals surface area contributed by atoms with Gasteiger partial charge in [-0.05, 0) is 12.1 Å². The van der Waals surface area contributed by atoms with Crippen LogP contribution in [0.5, 0.6) is 0 Å². The molecule has 0 aliphatic carbocycles. The summed E-state index contributed by atoms with van der Waals surface area (Å²) in [5.41, 5.74) is 2.22. The number of hydrogen-bond donors (Lipinski definition) is 2. The van der Waals surface area contributed by atoms with E-state index in [0.717, 1.165) is 17.2 Å². The molecule has 2 rings (SSSR count). The summed E-state index contributed by atoms with van der Waals surface area (Å²) >= 11 is 0. The van der Waals surface area contributed by atoms with Crippen molar-refractivity contribution in [1.29, 1.82) is 5.41 Å². The van der Waals surface area contributed by atoms with Gasteiger partial charge < -0.3 is 10.2 Å². The number of amides is 1. The molecule has 25 heavy (non-hydrogen) atoms. The van der Waals surface area contributed by atoms with Crippen LogP contribution in [0.4, 0.5) is 23.6 Å². The molecule has 0 unspecified atom stereocenters. The van der Waals surface area contributed by atoms with Gasteiger partial charge >= 0.3 is 12.2 Å². The molecule has 2 aromatic rings. The molecule has 0 fully saturated rings. The van der Waals surface area contributed by atoms with E-state index < -0.39 is 35.9 Å². The topological polar surface area (TPSA) is 96.2 Å². The van der Waals surface area contributed by atoms with Crippen molar-refractivity contribution in [3.8, 4) is 0 Å². The van der Waals surface area contributed by atoms with Crippen molar-refractivity contribution in [2.24, 2.45) is 5.73 Å². The minimum atomic E-state index is -4.88. The van der Waals surface area contributed by atoms with E-state index in [4.69, 9.17) is 15.6 Å². The van der Waals surface area contributed by atoms with Crippen molar-refractivity contribution < 1.29 is 26.8 Å². The molecule has 1 heterocycles. The zero-order valence-corrected chi connectivity index (χ0v) is 12.5. The summed E-state index contributed by atoms with van der Waals surface area (Å²) in [6.45, 7) is -0.395. The number of allylic oxidation sites excluding steroid dienone is 1. The van der Waals surface area contributed by atoms with E-state index in [1.54, 1.807) is 0 Å². The maximum atomic E-state index is 13.8. The molecule has 10 heteroatoms. The molecule has 3 N–H and O–H groups in total. The Hall–Kier alpha value is -3.17. The predicted octanol–water partition coefficient (Wildman–Crippen LogP) is 2.77. The van der Waals surface area contributed by atoms with E-state index in [1.165, 1.54) is 24.4 Å². The van der Waals surface area contributed by atoms with Crippen LogP contribution in [0.1, 0.15) is 5.56 Å². The summed E-state index contributed by atoms with van der Waals surface area (Å²) < 4.78 is 56.1. The number of halogens is 4. The van der Waals surface area contributed by atoms with Gasteiger partial charge in [0.05, 0.1) is 12.7 Å². The fourth-order valence-corrected chi connectivity index (χ4v) is 1.82. The SMILES string of the molecule is N=C(C=C(N)C(F)(F)F)C(=O)N(Cc1ccccc1F)c1ncco1. The first-order chi connectivity index (χ1) is 11.7. The minimum Gasteiger partial charge on any atom is -0.432 e. The number of carbonyl (C=O) groups excluding carboxylic acids is 1. The maximum Gasteiger partial charge on any atom is 0.430 e. The van der Waals surface area contributed by atoms with E-state index >= 15 is 0 Å². The Morgan fingerprint density at radius 1 is 1.36 bits per heavy atom. The summed E-state index contributed by atoms with van der Waals surface area (Å²) in [7, 11) is 0. The Labute approximate surface area is 139 Å². The van der Waals surface area contributed by atoms with Crippen LogP contribution in [-0.2, 0) is 11.3 Å². The second kappa shape index (κ2) is 7.16. The van der Waals surface area contributed by atoms with Crippen LogP contribution in [-0.4, -0.2) is 22.8 Å². The standard InChI is InChI=1S/C15H12F4N4O2/c16-10-4-2-1-3-9(10)8-23(14-22-5-6-25-14)13(24)11(20)7-12(21)15(17,18)19/h1-7,20H,8,21H2. The summed E-state index contributed by atoms with van der Waals surface area (Å²) in [6.07, 6.45) is -2.38. The molecule has 0 saturated carbocycles. The molecule has 6 nitrogen and oxygen atoms in total. The smallest absolute Gasteiger partial charge is 0.430 e. The van der Waals surface area contributed by atoms with Gasteiger partial charge in [-0.25, -0.2) is 9.37 Å². The van der Waals surface area contributed by atoms with Crippen LogP contribution in [0.25, 0.3) is 0 Å². The quantitative estimate of drug-likeness (QED) is 0.636. The highest BCUT2D eigenvalue weighted by Crippen LogP contribution is 2.22. The molecular weight excluding hydrogens is 344 g/mol. The number of nitrogens with one attached hydrogen (secondary N) is 1. The van der Waals surface area contributed by atoms with Crippen LogP contribution in [0, 0.1) is 11.2 Å². The molecule has 0 bridgehead atoms. The first-order valence-corrected chi connectivity index (χ1v) is 6.78. The van der Waals surface area contributed by atoms with Crippen molar-refractivity contribution in [2.75, 3.05) is 4.90 Å². The number of anilines is 1. The number of hydrogen-bond acceptors (Lipinski definition) is 5. The third-order valence-electron chi connectivity index (χ3n) is 3.04. The van der Waals surface area contributed by atoms with Crippen LogP contribution in [0.2, 0.25) is 0 Å². The van der Waals surface area contributed by atoms with Crippen molar-refractivity contribution in [1.82, 2.24) is 4.98 Å². The zero-order chi connectivity index (χ0) is 18.6. The average Bonchev–Trinajstić information content (AvgIpc) is 3.06. The second-order valence-electron chi connectivity index (χ2n) is 4.81. The molecule has 0 aliphatic rings. The lowest BCUT2D eigenvalue weighted by molar-refractivity contribution is -0.112. The Balaban J connectivity index is 2.32. The van der Waals surface area contributed by atoms with Crippen molar-refractivity contribution in [3.63, 3.8) is 0 Å². The minimum absolute atomic E-state index is 0.0645. The number of oxazole rings is 1. The number of alkyl halides is 3. The Morgan fingerprint density at radius 3 is 2.60 bits per heavy atom. The van der Waals surface area contributed by atoms with Crippen LogP contribution < -0.4 is 10.6 Å². The van der Waals surface area contributed by atoms with E-state index in [1.807, 2.05) is 0 Å². The van der Waals surface area contributed by atoms with E-state index in [0.29, 0.717) is 0 Å². The lowest BCUT2D eigenvalue weighted by Gasteiger charge is -2.19. The second-order valence-corrected chi connectivity index (χ2v) is 4.81. The lowest BCUT2D eigenvalue weighted by Crippen LogP contribution is -2.36. The van der Waals surface area contributed by atoms with E-state index in [9.17, 15) is 22.4 Å². The highest BCUT2D eigenvalue weighted by Gasteiger charge is 2.33. The molecular formula is C15H12F4N4O2. The van der Waals surface area contributed by atoms with Crippen LogP contribution in [0.3, 0.4) is 0 Å². The Morgan fingerprint density at radius 2 is 2.04 bits per heavy atom. The molecule has 132 valence electrons. The van der Waals surface area contributed by atoms with Gasteiger partial charge in [-0.1, -0.05) is 18.2 Å². The first-order valence-electron chi connectivity index (χ1n) is 6.78. The fourth-order valence-electron chi connectivity index (χ4n) is 1.82. The van der Waals surface area contributed by atoms with E-state index in [-0.39, 0.29) is 17.7 Å². The number of benzene rings is 1. The molecule has 0 aliphatic heterocycles. The third-order valence-corrected chi connectivity index (χ3v) is 3.04. The zero-order valence-electron chi connectivity index (χ0n) is 12.5. The normalized spacial score (nSPS) is 12.1. The van der Waals surface area contributed by atoms with E-state index in [2.05, 4.69) is 4.98 Å². The third kappa shape index (κ3) is 4.43. The Kier molecular flexibility index (Phi) is 5.20. The largest absolute Gasteiger partial charge is 0.432 e. The molecule has 1 aromatic carbocycles. The molecule has 0 saturated heterocycles. The Bertz CT molecular complexity index is 800. The highest BCUT2D eigenvalue weighted by molar-refractivity contribution is 6.46. The molecule has 1 aromatic heterocycles. The number of rotatable bonds is 5.